The van der Waals surface area contributed by atoms with Crippen molar-refractivity contribution in [2.24, 2.45) is 0 Å². The molecular formula is C25H23N3O6S3. The van der Waals surface area contributed by atoms with Crippen LogP contribution >= 0.6 is 22.7 Å². The monoisotopic (exact) mass is 557 g/mol. The van der Waals surface area contributed by atoms with Gasteiger partial charge in [0.2, 0.25) is 0 Å². The number of sulfonamides is 1. The number of esters is 1. The van der Waals surface area contributed by atoms with Crippen molar-refractivity contribution < 1.29 is 27.5 Å². The highest BCUT2D eigenvalue weighted by atomic mass is 32.2. The van der Waals surface area contributed by atoms with Gasteiger partial charge in [-0.3, -0.25) is 14.4 Å². The second-order valence-corrected chi connectivity index (χ2v) is 11.8. The van der Waals surface area contributed by atoms with E-state index in [9.17, 15) is 18.0 Å². The van der Waals surface area contributed by atoms with Crippen molar-refractivity contribution in [2.45, 2.75) is 11.1 Å². The summed E-state index contributed by atoms with van der Waals surface area (Å²) in [7, 11) is -2.18. The number of nitrogens with zero attached hydrogens (tertiary/aromatic N) is 2. The molecule has 1 amide bonds. The van der Waals surface area contributed by atoms with Crippen molar-refractivity contribution in [2.75, 3.05) is 29.9 Å². The first kappa shape index (κ1) is 26.3. The molecule has 12 heteroatoms. The van der Waals surface area contributed by atoms with Crippen LogP contribution < -0.4 is 14.4 Å². The van der Waals surface area contributed by atoms with E-state index < -0.39 is 35.1 Å². The fraction of sp³-hybridized carbons (Fsp3) is 0.160. The zero-order chi connectivity index (χ0) is 26.4. The van der Waals surface area contributed by atoms with Gasteiger partial charge in [0.15, 0.2) is 18.3 Å². The maximum atomic E-state index is 12.6. The number of nitrogens with one attached hydrogen (secondary N) is 1. The normalized spacial score (nSPS) is 11.1. The van der Waals surface area contributed by atoms with E-state index in [2.05, 4.69) is 10.3 Å². The summed E-state index contributed by atoms with van der Waals surface area (Å²) in [6.07, 6.45) is 0. The van der Waals surface area contributed by atoms with Gasteiger partial charge in [-0.1, -0.05) is 35.9 Å². The molecule has 0 aliphatic carbocycles. The Bertz CT molecular complexity index is 1460. The molecule has 9 nitrogen and oxygen atoms in total. The van der Waals surface area contributed by atoms with Crippen LogP contribution in [0.15, 0.2) is 75.6 Å². The second-order valence-electron chi connectivity index (χ2n) is 7.80. The Morgan fingerprint density at radius 1 is 1.00 bits per heavy atom. The molecule has 2 aromatic carbocycles. The molecule has 0 spiro atoms. The van der Waals surface area contributed by atoms with E-state index in [1.807, 2.05) is 36.6 Å². The smallest absolute Gasteiger partial charge is 0.344 e. The fourth-order valence-corrected chi connectivity index (χ4v) is 6.20. The molecule has 1 N–H and O–H groups in total. The first-order valence-corrected chi connectivity index (χ1v) is 14.2. The Labute approximate surface area is 222 Å². The summed E-state index contributed by atoms with van der Waals surface area (Å²) in [6, 6.07) is 17.3. The van der Waals surface area contributed by atoms with Gasteiger partial charge in [-0.05, 0) is 42.6 Å². The molecule has 0 bridgehead atoms. The lowest BCUT2D eigenvalue weighted by Gasteiger charge is -2.18. The summed E-state index contributed by atoms with van der Waals surface area (Å²) in [5.41, 5.74) is 3.26. The Kier molecular flexibility index (Phi) is 8.21. The lowest BCUT2D eigenvalue weighted by molar-refractivity contribution is -0.149. The summed E-state index contributed by atoms with van der Waals surface area (Å²) < 4.78 is 37.0. The molecule has 0 aliphatic rings. The summed E-state index contributed by atoms with van der Waals surface area (Å²) in [4.78, 5) is 28.5. The average molecular weight is 558 g/mol. The minimum absolute atomic E-state index is 0.240. The van der Waals surface area contributed by atoms with Crippen LogP contribution in [-0.2, 0) is 24.3 Å². The SMILES string of the molecule is Cc1ccc(-c2csc(NC(=O)COC(=O)COc3ccc(N(C)S(=O)(=O)c4cccs4)cc3)n2)cc1. The van der Waals surface area contributed by atoms with Crippen LogP contribution in [-0.4, -0.2) is 45.5 Å². The molecule has 2 heterocycles. The Hall–Kier alpha value is -3.74. The first-order chi connectivity index (χ1) is 17.7. The first-order valence-electron chi connectivity index (χ1n) is 11.0. The van der Waals surface area contributed by atoms with E-state index in [1.54, 1.807) is 41.8 Å². The molecule has 0 aliphatic heterocycles. The van der Waals surface area contributed by atoms with Crippen molar-refractivity contribution in [3.05, 3.63) is 77.0 Å². The number of amides is 1. The molecule has 2 aromatic heterocycles. The van der Waals surface area contributed by atoms with Crippen molar-refractivity contribution in [1.82, 2.24) is 4.98 Å². The van der Waals surface area contributed by atoms with Crippen LogP contribution in [0.3, 0.4) is 0 Å². The molecule has 0 fully saturated rings. The van der Waals surface area contributed by atoms with Gasteiger partial charge in [-0.25, -0.2) is 18.2 Å². The van der Waals surface area contributed by atoms with Gasteiger partial charge < -0.3 is 9.47 Å². The summed E-state index contributed by atoms with van der Waals surface area (Å²) in [5.74, 6) is -0.896. The highest BCUT2D eigenvalue weighted by Gasteiger charge is 2.22. The number of aryl methyl sites for hydroxylation is 1. The number of carbonyl (C=O) groups is 2. The molecule has 0 radical (unpaired) electrons. The number of hydrogen-bond acceptors (Lipinski definition) is 9. The maximum Gasteiger partial charge on any atom is 0.344 e. The lowest BCUT2D eigenvalue weighted by atomic mass is 10.1. The molecule has 0 saturated heterocycles. The van der Waals surface area contributed by atoms with Gasteiger partial charge in [-0.2, -0.15) is 0 Å². The van der Waals surface area contributed by atoms with Gasteiger partial charge in [0.1, 0.15) is 9.96 Å². The predicted octanol–water partition coefficient (Wildman–Crippen LogP) is 4.57. The van der Waals surface area contributed by atoms with E-state index in [1.165, 1.54) is 22.7 Å². The third kappa shape index (κ3) is 6.73. The summed E-state index contributed by atoms with van der Waals surface area (Å²) >= 11 is 2.41. The summed E-state index contributed by atoms with van der Waals surface area (Å²) in [6.45, 7) is 1.11. The number of hydrogen-bond donors (Lipinski definition) is 1. The lowest BCUT2D eigenvalue weighted by Crippen LogP contribution is -2.25. The van der Waals surface area contributed by atoms with Crippen LogP contribution in [0, 0.1) is 6.92 Å². The zero-order valence-electron chi connectivity index (χ0n) is 19.9. The van der Waals surface area contributed by atoms with E-state index >= 15 is 0 Å². The zero-order valence-corrected chi connectivity index (χ0v) is 22.4. The molecule has 37 heavy (non-hydrogen) atoms. The topological polar surface area (TPSA) is 115 Å². The maximum absolute atomic E-state index is 12.6. The second kappa shape index (κ2) is 11.5. The number of thiazole rings is 1. The predicted molar refractivity (Wildman–Crippen MR) is 144 cm³/mol. The van der Waals surface area contributed by atoms with E-state index in [0.29, 0.717) is 16.6 Å². The van der Waals surface area contributed by atoms with Gasteiger partial charge in [0.05, 0.1) is 11.4 Å². The van der Waals surface area contributed by atoms with E-state index in [4.69, 9.17) is 9.47 Å². The van der Waals surface area contributed by atoms with Gasteiger partial charge >= 0.3 is 5.97 Å². The Morgan fingerprint density at radius 3 is 2.41 bits per heavy atom. The molecule has 4 aromatic rings. The standard InChI is InChI=1S/C25H23N3O6S3/c1-17-5-7-18(8-6-17)21-16-36-25(26-21)27-22(29)14-34-23(30)15-33-20-11-9-19(10-12-20)28(2)37(31,32)24-4-3-13-35-24/h3-13,16H,14-15H2,1-2H3,(H,26,27,29). The molecular weight excluding hydrogens is 534 g/mol. The van der Waals surface area contributed by atoms with Crippen LogP contribution in [0.5, 0.6) is 5.75 Å². The molecule has 0 saturated carbocycles. The number of carbonyl (C=O) groups excluding carboxylic acids is 2. The van der Waals surface area contributed by atoms with Crippen LogP contribution in [0.25, 0.3) is 11.3 Å². The molecule has 192 valence electrons. The number of benzene rings is 2. The Morgan fingerprint density at radius 2 is 1.73 bits per heavy atom. The average Bonchev–Trinajstić information content (AvgIpc) is 3.60. The molecule has 0 unspecified atom stereocenters. The highest BCUT2D eigenvalue weighted by molar-refractivity contribution is 7.94. The van der Waals surface area contributed by atoms with Crippen LogP contribution in [0.1, 0.15) is 5.56 Å². The highest BCUT2D eigenvalue weighted by Crippen LogP contribution is 2.27. The Balaban J connectivity index is 1.22. The number of anilines is 2. The molecule has 0 atom stereocenters. The summed E-state index contributed by atoms with van der Waals surface area (Å²) in [5, 5.41) is 6.54. The largest absolute Gasteiger partial charge is 0.482 e. The minimum Gasteiger partial charge on any atom is -0.482 e. The van der Waals surface area contributed by atoms with Gasteiger partial charge in [-0.15, -0.1) is 22.7 Å². The quantitative estimate of drug-likeness (QED) is 0.284. The van der Waals surface area contributed by atoms with E-state index in [0.717, 1.165) is 28.2 Å². The van der Waals surface area contributed by atoms with Crippen LogP contribution in [0.2, 0.25) is 0 Å². The van der Waals surface area contributed by atoms with Gasteiger partial charge in [0.25, 0.3) is 15.9 Å². The number of rotatable bonds is 10. The van der Waals surface area contributed by atoms with E-state index in [-0.39, 0.29) is 4.21 Å². The van der Waals surface area contributed by atoms with Crippen molar-refractivity contribution in [3.8, 4) is 17.0 Å². The number of ether oxygens (including phenoxy) is 2. The number of aromatic nitrogens is 1. The number of thiophene rings is 1. The van der Waals surface area contributed by atoms with Crippen LogP contribution in [0.4, 0.5) is 10.8 Å². The van der Waals surface area contributed by atoms with Crippen molar-refractivity contribution in [1.29, 1.82) is 0 Å². The third-order valence-electron chi connectivity index (χ3n) is 5.13. The minimum atomic E-state index is -3.64. The van der Waals surface area contributed by atoms with Crippen molar-refractivity contribution in [3.63, 3.8) is 0 Å². The molecule has 4 rings (SSSR count). The third-order valence-corrected chi connectivity index (χ3v) is 9.05. The van der Waals surface area contributed by atoms with Gasteiger partial charge in [0, 0.05) is 18.0 Å². The van der Waals surface area contributed by atoms with Crippen molar-refractivity contribution >= 4 is 55.4 Å². The fourth-order valence-electron chi connectivity index (χ4n) is 3.11.